The van der Waals surface area contributed by atoms with E-state index in [-0.39, 0.29) is 17.6 Å². The van der Waals surface area contributed by atoms with Gasteiger partial charge in [0, 0.05) is 30.1 Å². The number of aryl methyl sites for hydroxylation is 1. The molecule has 2 aliphatic heterocycles. The molecule has 0 aliphatic carbocycles. The van der Waals surface area contributed by atoms with Gasteiger partial charge in [-0.05, 0) is 32.8 Å². The number of anilines is 1. The van der Waals surface area contributed by atoms with Crippen LogP contribution in [0.1, 0.15) is 25.5 Å². The highest BCUT2D eigenvalue weighted by molar-refractivity contribution is 6.43. The largest absolute Gasteiger partial charge is 0.376 e. The van der Waals surface area contributed by atoms with E-state index in [4.69, 9.17) is 38.7 Å². The molecule has 1 aromatic heterocycles. The Balaban J connectivity index is 1.53. The number of nitrogens with zero attached hydrogens (tertiary/aromatic N) is 3. The van der Waals surface area contributed by atoms with Crippen molar-refractivity contribution in [2.75, 3.05) is 24.6 Å². The third kappa shape index (κ3) is 3.31. The second-order valence-electron chi connectivity index (χ2n) is 7.65. The fourth-order valence-electron chi connectivity index (χ4n) is 4.23. The predicted octanol–water partition coefficient (Wildman–Crippen LogP) is 4.09. The zero-order valence-electron chi connectivity index (χ0n) is 15.6. The first-order chi connectivity index (χ1) is 12.9. The minimum Gasteiger partial charge on any atom is -0.376 e. The maximum absolute atomic E-state index is 6.41. The van der Waals surface area contributed by atoms with Crippen molar-refractivity contribution < 1.29 is 4.74 Å². The van der Waals surface area contributed by atoms with Crippen LogP contribution in [0.5, 0.6) is 0 Å². The molecule has 27 heavy (non-hydrogen) atoms. The number of halogens is 2. The number of nitrogens with two attached hydrogens (primary N) is 1. The van der Waals surface area contributed by atoms with Gasteiger partial charge < -0.3 is 15.4 Å². The minimum absolute atomic E-state index is 0.104. The van der Waals surface area contributed by atoms with Gasteiger partial charge in [0.15, 0.2) is 0 Å². The van der Waals surface area contributed by atoms with Gasteiger partial charge in [-0.25, -0.2) is 4.98 Å². The van der Waals surface area contributed by atoms with Gasteiger partial charge in [-0.15, -0.1) is 0 Å². The molecule has 144 valence electrons. The summed E-state index contributed by atoms with van der Waals surface area (Å²) in [6.45, 7) is 6.61. The van der Waals surface area contributed by atoms with Crippen molar-refractivity contribution >= 4 is 29.0 Å². The quantitative estimate of drug-likeness (QED) is 0.813. The summed E-state index contributed by atoms with van der Waals surface area (Å²) < 4.78 is 5.81. The molecular formula is C20H24Cl2N4O. The number of ether oxygens (including phenoxy) is 1. The van der Waals surface area contributed by atoms with Gasteiger partial charge in [-0.2, -0.15) is 0 Å². The maximum Gasteiger partial charge on any atom is 0.147 e. The van der Waals surface area contributed by atoms with Crippen molar-refractivity contribution in [1.82, 2.24) is 9.97 Å². The van der Waals surface area contributed by atoms with Gasteiger partial charge in [0.1, 0.15) is 5.82 Å². The summed E-state index contributed by atoms with van der Waals surface area (Å²) >= 11 is 12.5. The summed E-state index contributed by atoms with van der Waals surface area (Å²) in [4.78, 5) is 11.7. The SMILES string of the molecule is Cc1nc(N2CCC3(CC2)CO[C@@H](C)[C@H]3N)cnc1-c1cccc(Cl)c1Cl. The Bertz CT molecular complexity index is 852. The number of hydrogen-bond donors (Lipinski definition) is 1. The Morgan fingerprint density at radius 2 is 2.00 bits per heavy atom. The van der Waals surface area contributed by atoms with E-state index in [2.05, 4.69) is 16.8 Å². The lowest BCUT2D eigenvalue weighted by Gasteiger charge is -2.41. The Morgan fingerprint density at radius 1 is 1.26 bits per heavy atom. The molecule has 3 heterocycles. The van der Waals surface area contributed by atoms with Crippen molar-refractivity contribution in [2.45, 2.75) is 38.8 Å². The van der Waals surface area contributed by atoms with Crippen molar-refractivity contribution in [3.63, 3.8) is 0 Å². The zero-order chi connectivity index (χ0) is 19.2. The fraction of sp³-hybridized carbons (Fsp3) is 0.500. The van der Waals surface area contributed by atoms with Crippen LogP contribution >= 0.6 is 23.2 Å². The molecule has 0 radical (unpaired) electrons. The van der Waals surface area contributed by atoms with E-state index in [9.17, 15) is 0 Å². The van der Waals surface area contributed by atoms with E-state index in [1.165, 1.54) is 0 Å². The van der Waals surface area contributed by atoms with Crippen molar-refractivity contribution in [3.8, 4) is 11.3 Å². The van der Waals surface area contributed by atoms with E-state index >= 15 is 0 Å². The van der Waals surface area contributed by atoms with Crippen LogP contribution in [0.25, 0.3) is 11.3 Å². The normalized spacial score (nSPS) is 24.6. The van der Waals surface area contributed by atoms with E-state index in [1.807, 2.05) is 25.3 Å². The lowest BCUT2D eigenvalue weighted by Crippen LogP contribution is -2.50. The third-order valence-corrected chi connectivity index (χ3v) is 6.89. The first-order valence-corrected chi connectivity index (χ1v) is 10.1. The molecule has 2 atom stereocenters. The van der Waals surface area contributed by atoms with E-state index in [1.54, 1.807) is 6.07 Å². The molecule has 0 unspecified atom stereocenters. The molecule has 2 saturated heterocycles. The first-order valence-electron chi connectivity index (χ1n) is 9.31. The summed E-state index contributed by atoms with van der Waals surface area (Å²) in [5.41, 5.74) is 8.93. The Labute approximate surface area is 169 Å². The third-order valence-electron chi connectivity index (χ3n) is 6.07. The van der Waals surface area contributed by atoms with Crippen molar-refractivity contribution in [1.29, 1.82) is 0 Å². The van der Waals surface area contributed by atoms with Crippen molar-refractivity contribution in [2.24, 2.45) is 11.1 Å². The summed E-state index contributed by atoms with van der Waals surface area (Å²) in [6.07, 6.45) is 3.99. The second-order valence-corrected chi connectivity index (χ2v) is 8.44. The molecule has 0 amide bonds. The molecule has 0 saturated carbocycles. The Hall–Kier alpha value is -1.40. The predicted molar refractivity (Wildman–Crippen MR) is 109 cm³/mol. The summed E-state index contributed by atoms with van der Waals surface area (Å²) in [7, 11) is 0. The van der Waals surface area contributed by atoms with Gasteiger partial charge in [0.25, 0.3) is 0 Å². The molecular weight excluding hydrogens is 383 g/mol. The molecule has 2 aliphatic rings. The highest BCUT2D eigenvalue weighted by Crippen LogP contribution is 2.42. The van der Waals surface area contributed by atoms with Crippen LogP contribution in [0.3, 0.4) is 0 Å². The molecule has 0 bridgehead atoms. The van der Waals surface area contributed by atoms with Gasteiger partial charge in [0.05, 0.1) is 40.3 Å². The van der Waals surface area contributed by atoms with E-state index in [0.29, 0.717) is 10.0 Å². The van der Waals surface area contributed by atoms with Crippen molar-refractivity contribution in [3.05, 3.63) is 40.1 Å². The molecule has 7 heteroatoms. The standard InChI is InChI=1S/C20H24Cl2N4O/c1-12-18(14-4-3-5-15(21)17(14)22)24-10-16(25-12)26-8-6-20(7-9-26)11-27-13(2)19(20)23/h3-5,10,13,19H,6-9,11,23H2,1-2H3/t13-,19+/m0/s1. The number of benzene rings is 1. The van der Waals surface area contributed by atoms with Crippen LogP contribution < -0.4 is 10.6 Å². The number of aromatic nitrogens is 2. The maximum atomic E-state index is 6.41. The monoisotopic (exact) mass is 406 g/mol. The molecule has 2 aromatic rings. The lowest BCUT2D eigenvalue weighted by atomic mass is 9.73. The zero-order valence-corrected chi connectivity index (χ0v) is 17.1. The van der Waals surface area contributed by atoms with Gasteiger partial charge in [-0.3, -0.25) is 4.98 Å². The fourth-order valence-corrected chi connectivity index (χ4v) is 4.62. The average molecular weight is 407 g/mol. The summed E-state index contributed by atoms with van der Waals surface area (Å²) in [5, 5.41) is 1.03. The number of hydrogen-bond acceptors (Lipinski definition) is 5. The van der Waals surface area contributed by atoms with E-state index < -0.39 is 0 Å². The molecule has 1 aromatic carbocycles. The van der Waals surface area contributed by atoms with Crippen LogP contribution in [-0.2, 0) is 4.74 Å². The average Bonchev–Trinajstić information content (AvgIpc) is 2.94. The highest BCUT2D eigenvalue weighted by Gasteiger charge is 2.47. The van der Waals surface area contributed by atoms with Crippen LogP contribution in [0, 0.1) is 12.3 Å². The molecule has 5 nitrogen and oxygen atoms in total. The number of piperidine rings is 1. The Morgan fingerprint density at radius 3 is 2.63 bits per heavy atom. The topological polar surface area (TPSA) is 64.3 Å². The summed E-state index contributed by atoms with van der Waals surface area (Å²) in [5.74, 6) is 0.893. The smallest absolute Gasteiger partial charge is 0.147 e. The first kappa shape index (κ1) is 18.9. The van der Waals surface area contributed by atoms with Gasteiger partial charge >= 0.3 is 0 Å². The lowest BCUT2D eigenvalue weighted by molar-refractivity contribution is 0.0974. The number of rotatable bonds is 2. The van der Waals surface area contributed by atoms with Gasteiger partial charge in [0.2, 0.25) is 0 Å². The molecule has 1 spiro atoms. The van der Waals surface area contributed by atoms with Gasteiger partial charge in [-0.1, -0.05) is 35.3 Å². The molecule has 2 fully saturated rings. The Kier molecular flexibility index (Phi) is 5.06. The van der Waals surface area contributed by atoms with Crippen LogP contribution in [0.4, 0.5) is 5.82 Å². The van der Waals surface area contributed by atoms with Crippen LogP contribution in [0.2, 0.25) is 10.0 Å². The summed E-state index contributed by atoms with van der Waals surface area (Å²) in [6, 6.07) is 5.67. The second kappa shape index (κ2) is 7.21. The minimum atomic E-state index is 0.104. The molecule has 2 N–H and O–H groups in total. The highest BCUT2D eigenvalue weighted by atomic mass is 35.5. The molecule has 4 rings (SSSR count). The van der Waals surface area contributed by atoms with E-state index in [0.717, 1.165) is 55.3 Å². The van der Waals surface area contributed by atoms with Crippen LogP contribution in [0.15, 0.2) is 24.4 Å². The van der Waals surface area contributed by atoms with Crippen LogP contribution in [-0.4, -0.2) is 41.8 Å².